The summed E-state index contributed by atoms with van der Waals surface area (Å²) in [7, 11) is 0. The Labute approximate surface area is 121 Å². The number of hydrogen-bond acceptors (Lipinski definition) is 2. The molecule has 0 bridgehead atoms. The minimum absolute atomic E-state index is 0.521. The maximum atomic E-state index is 6.14. The standard InChI is InChI=1S/C15H18BrN3/c16-13-9-5-4-8-12(13)15-14(17)10-19(18-15)11-6-2-1-3-7-11/h4-5,8-11H,1-3,6-7,17H2. The third-order valence-electron chi connectivity index (χ3n) is 3.84. The Morgan fingerprint density at radius 2 is 1.89 bits per heavy atom. The topological polar surface area (TPSA) is 43.8 Å². The fourth-order valence-electron chi connectivity index (χ4n) is 2.80. The molecule has 0 spiro atoms. The molecule has 3 nitrogen and oxygen atoms in total. The van der Waals surface area contributed by atoms with Gasteiger partial charge < -0.3 is 5.73 Å². The second kappa shape index (κ2) is 5.37. The van der Waals surface area contributed by atoms with Gasteiger partial charge in [0.05, 0.1) is 11.7 Å². The number of benzene rings is 1. The highest BCUT2D eigenvalue weighted by Gasteiger charge is 2.19. The van der Waals surface area contributed by atoms with Gasteiger partial charge in [0, 0.05) is 16.2 Å². The largest absolute Gasteiger partial charge is 0.396 e. The van der Waals surface area contributed by atoms with Crippen molar-refractivity contribution in [2.75, 3.05) is 5.73 Å². The zero-order valence-corrected chi connectivity index (χ0v) is 12.4. The van der Waals surface area contributed by atoms with E-state index in [0.29, 0.717) is 6.04 Å². The first-order chi connectivity index (χ1) is 9.25. The van der Waals surface area contributed by atoms with Gasteiger partial charge in [0.1, 0.15) is 5.69 Å². The molecule has 0 aliphatic heterocycles. The van der Waals surface area contributed by atoms with Gasteiger partial charge in [-0.2, -0.15) is 5.10 Å². The average Bonchev–Trinajstić information content (AvgIpc) is 2.82. The van der Waals surface area contributed by atoms with Crippen LogP contribution < -0.4 is 5.73 Å². The maximum Gasteiger partial charge on any atom is 0.116 e. The highest BCUT2D eigenvalue weighted by Crippen LogP contribution is 2.34. The number of nitrogens with zero attached hydrogens (tertiary/aromatic N) is 2. The highest BCUT2D eigenvalue weighted by molar-refractivity contribution is 9.10. The molecule has 1 fully saturated rings. The SMILES string of the molecule is Nc1cn(C2CCCCC2)nc1-c1ccccc1Br. The van der Waals surface area contributed by atoms with Crippen molar-refractivity contribution >= 4 is 21.6 Å². The van der Waals surface area contributed by atoms with Gasteiger partial charge in [0.25, 0.3) is 0 Å². The molecule has 1 saturated carbocycles. The van der Waals surface area contributed by atoms with Crippen LogP contribution in [0.3, 0.4) is 0 Å². The van der Waals surface area contributed by atoms with Gasteiger partial charge in [-0.15, -0.1) is 0 Å². The van der Waals surface area contributed by atoms with E-state index in [9.17, 15) is 0 Å². The maximum absolute atomic E-state index is 6.14. The first-order valence-corrected chi connectivity index (χ1v) is 7.64. The molecule has 1 heterocycles. The highest BCUT2D eigenvalue weighted by atomic mass is 79.9. The molecule has 3 rings (SSSR count). The Morgan fingerprint density at radius 3 is 2.63 bits per heavy atom. The van der Waals surface area contributed by atoms with Crippen molar-refractivity contribution in [3.05, 3.63) is 34.9 Å². The molecule has 1 aliphatic rings. The molecule has 1 aromatic heterocycles. The average molecular weight is 320 g/mol. The summed E-state index contributed by atoms with van der Waals surface area (Å²) in [5.74, 6) is 0. The van der Waals surface area contributed by atoms with E-state index in [0.717, 1.165) is 21.4 Å². The zero-order chi connectivity index (χ0) is 13.2. The van der Waals surface area contributed by atoms with Crippen LogP contribution in [0.1, 0.15) is 38.1 Å². The number of rotatable bonds is 2. The van der Waals surface area contributed by atoms with Gasteiger partial charge in [-0.3, -0.25) is 4.68 Å². The molecule has 4 heteroatoms. The molecule has 2 aromatic rings. The van der Waals surface area contributed by atoms with Crippen LogP contribution in [0.2, 0.25) is 0 Å². The molecule has 0 unspecified atom stereocenters. The van der Waals surface area contributed by atoms with Crippen molar-refractivity contribution < 1.29 is 0 Å². The lowest BCUT2D eigenvalue weighted by molar-refractivity contribution is 0.330. The van der Waals surface area contributed by atoms with Crippen LogP contribution in [0, 0.1) is 0 Å². The summed E-state index contributed by atoms with van der Waals surface area (Å²) in [5, 5.41) is 4.73. The predicted octanol–water partition coefficient (Wildman–Crippen LogP) is 4.40. The van der Waals surface area contributed by atoms with E-state index >= 15 is 0 Å². The summed E-state index contributed by atoms with van der Waals surface area (Å²) < 4.78 is 3.11. The van der Waals surface area contributed by atoms with Crippen molar-refractivity contribution in [2.24, 2.45) is 0 Å². The van der Waals surface area contributed by atoms with Gasteiger partial charge in [0.2, 0.25) is 0 Å². The third kappa shape index (κ3) is 2.54. The molecule has 2 N–H and O–H groups in total. The van der Waals surface area contributed by atoms with Crippen molar-refractivity contribution in [1.82, 2.24) is 9.78 Å². The molecule has 0 radical (unpaired) electrons. The first-order valence-electron chi connectivity index (χ1n) is 6.85. The van der Waals surface area contributed by atoms with E-state index in [1.807, 2.05) is 30.5 Å². The lowest BCUT2D eigenvalue weighted by atomic mass is 9.96. The summed E-state index contributed by atoms with van der Waals surface area (Å²) in [6.07, 6.45) is 8.38. The van der Waals surface area contributed by atoms with Crippen LogP contribution in [0.15, 0.2) is 34.9 Å². The molecule has 1 aliphatic carbocycles. The van der Waals surface area contributed by atoms with Crippen molar-refractivity contribution in [2.45, 2.75) is 38.1 Å². The summed E-state index contributed by atoms with van der Waals surface area (Å²) in [5.41, 5.74) is 8.86. The summed E-state index contributed by atoms with van der Waals surface area (Å²) in [4.78, 5) is 0. The minimum Gasteiger partial charge on any atom is -0.396 e. The predicted molar refractivity (Wildman–Crippen MR) is 81.9 cm³/mol. The number of hydrogen-bond donors (Lipinski definition) is 1. The number of nitrogens with two attached hydrogens (primary N) is 1. The van der Waals surface area contributed by atoms with Crippen LogP contribution in [0.4, 0.5) is 5.69 Å². The Hall–Kier alpha value is -1.29. The fourth-order valence-corrected chi connectivity index (χ4v) is 3.27. The lowest BCUT2D eigenvalue weighted by Gasteiger charge is -2.21. The normalized spacial score (nSPS) is 16.7. The van der Waals surface area contributed by atoms with Crippen molar-refractivity contribution in [1.29, 1.82) is 0 Å². The number of nitrogen functional groups attached to an aromatic ring is 1. The lowest BCUT2D eigenvalue weighted by Crippen LogP contribution is -2.13. The molecule has 19 heavy (non-hydrogen) atoms. The minimum atomic E-state index is 0.521. The number of anilines is 1. The molecule has 0 saturated heterocycles. The monoisotopic (exact) mass is 319 g/mol. The second-order valence-electron chi connectivity index (χ2n) is 5.18. The van der Waals surface area contributed by atoms with Crippen LogP contribution in [-0.2, 0) is 0 Å². The fraction of sp³-hybridized carbons (Fsp3) is 0.400. The summed E-state index contributed by atoms with van der Waals surface area (Å²) in [6.45, 7) is 0. The van der Waals surface area contributed by atoms with E-state index in [4.69, 9.17) is 10.8 Å². The van der Waals surface area contributed by atoms with Gasteiger partial charge in [-0.05, 0) is 18.9 Å². The Balaban J connectivity index is 1.95. The third-order valence-corrected chi connectivity index (χ3v) is 4.53. The van der Waals surface area contributed by atoms with E-state index in [1.165, 1.54) is 32.1 Å². The summed E-state index contributed by atoms with van der Waals surface area (Å²) >= 11 is 3.57. The quantitative estimate of drug-likeness (QED) is 0.891. The van der Waals surface area contributed by atoms with Crippen LogP contribution >= 0.6 is 15.9 Å². The first kappa shape index (κ1) is 12.7. The second-order valence-corrected chi connectivity index (χ2v) is 6.04. The summed E-state index contributed by atoms with van der Waals surface area (Å²) in [6, 6.07) is 8.61. The molecular weight excluding hydrogens is 302 g/mol. The van der Waals surface area contributed by atoms with E-state index in [1.54, 1.807) is 0 Å². The number of halogens is 1. The van der Waals surface area contributed by atoms with Gasteiger partial charge in [-0.25, -0.2) is 0 Å². The smallest absolute Gasteiger partial charge is 0.116 e. The van der Waals surface area contributed by atoms with E-state index < -0.39 is 0 Å². The zero-order valence-electron chi connectivity index (χ0n) is 10.8. The molecule has 100 valence electrons. The Morgan fingerprint density at radius 1 is 1.16 bits per heavy atom. The Bertz CT molecular complexity index is 571. The molecule has 0 atom stereocenters. The van der Waals surface area contributed by atoms with Gasteiger partial charge in [0.15, 0.2) is 0 Å². The Kier molecular flexibility index (Phi) is 3.60. The van der Waals surface area contributed by atoms with Gasteiger partial charge >= 0.3 is 0 Å². The number of aromatic nitrogens is 2. The molecular formula is C15H18BrN3. The van der Waals surface area contributed by atoms with Crippen LogP contribution in [-0.4, -0.2) is 9.78 Å². The van der Waals surface area contributed by atoms with Crippen molar-refractivity contribution in [3.8, 4) is 11.3 Å². The van der Waals surface area contributed by atoms with Crippen LogP contribution in [0.25, 0.3) is 11.3 Å². The van der Waals surface area contributed by atoms with E-state index in [-0.39, 0.29) is 0 Å². The molecule has 0 amide bonds. The van der Waals surface area contributed by atoms with Gasteiger partial charge in [-0.1, -0.05) is 53.4 Å². The van der Waals surface area contributed by atoms with E-state index in [2.05, 4.69) is 20.6 Å². The molecule has 1 aromatic carbocycles. The van der Waals surface area contributed by atoms with Crippen LogP contribution in [0.5, 0.6) is 0 Å². The van der Waals surface area contributed by atoms with Crippen molar-refractivity contribution in [3.63, 3.8) is 0 Å².